The van der Waals surface area contributed by atoms with E-state index < -0.39 is 5.41 Å². The van der Waals surface area contributed by atoms with Gasteiger partial charge in [-0.05, 0) is 43.5 Å². The first kappa shape index (κ1) is 18.7. The Hall–Kier alpha value is -3.08. The molecule has 1 unspecified atom stereocenters. The summed E-state index contributed by atoms with van der Waals surface area (Å²) in [5.74, 6) is 0.663. The maximum absolute atomic E-state index is 12.7. The highest BCUT2D eigenvalue weighted by atomic mass is 16.7. The van der Waals surface area contributed by atoms with Crippen LogP contribution in [0, 0.1) is 5.41 Å². The second kappa shape index (κ2) is 8.08. The van der Waals surface area contributed by atoms with Crippen LogP contribution in [-0.2, 0) is 19.0 Å². The smallest absolute Gasteiger partial charge is 0.338 e. The van der Waals surface area contributed by atoms with Crippen molar-refractivity contribution in [1.29, 1.82) is 0 Å². The van der Waals surface area contributed by atoms with E-state index in [1.165, 1.54) is 6.08 Å². The molecule has 5 nitrogen and oxygen atoms in total. The molecule has 0 bridgehead atoms. The Kier molecular flexibility index (Phi) is 5.60. The molecule has 3 rings (SSSR count). The summed E-state index contributed by atoms with van der Waals surface area (Å²) in [5, 5.41) is 0. The molecule has 1 atom stereocenters. The number of fused-ring (bicyclic) bond motifs is 1. The Balaban J connectivity index is 1.67. The Morgan fingerprint density at radius 3 is 2.70 bits per heavy atom. The quantitative estimate of drug-likeness (QED) is 0.537. The summed E-state index contributed by atoms with van der Waals surface area (Å²) < 4.78 is 16.1. The number of rotatable bonds is 7. The lowest BCUT2D eigenvalue weighted by Crippen LogP contribution is -2.30. The minimum atomic E-state index is -0.751. The number of carbonyl (C=O) groups is 2. The van der Waals surface area contributed by atoms with E-state index in [0.29, 0.717) is 29.9 Å². The minimum absolute atomic E-state index is 0.0445. The summed E-state index contributed by atoms with van der Waals surface area (Å²) in [6, 6.07) is 8.84. The van der Waals surface area contributed by atoms with Gasteiger partial charge in [-0.3, -0.25) is 4.79 Å². The van der Waals surface area contributed by atoms with Crippen molar-refractivity contribution in [2.75, 3.05) is 13.4 Å². The van der Waals surface area contributed by atoms with Gasteiger partial charge in [0, 0.05) is 6.08 Å². The second-order valence-electron chi connectivity index (χ2n) is 6.63. The third-order valence-electron chi connectivity index (χ3n) is 4.60. The SMILES string of the molecule is C=CCC1(CC=C(C)COC(=O)c2ccccc2)C=C2OCOC2=CC1=O. The maximum Gasteiger partial charge on any atom is 0.338 e. The van der Waals surface area contributed by atoms with Crippen LogP contribution in [0.5, 0.6) is 0 Å². The highest BCUT2D eigenvalue weighted by Gasteiger charge is 2.39. The number of benzene rings is 1. The van der Waals surface area contributed by atoms with Gasteiger partial charge >= 0.3 is 5.97 Å². The fourth-order valence-corrected chi connectivity index (χ4v) is 3.02. The Morgan fingerprint density at radius 2 is 1.96 bits per heavy atom. The molecule has 1 heterocycles. The fraction of sp³-hybridized carbons (Fsp3) is 0.273. The van der Waals surface area contributed by atoms with Gasteiger partial charge in [0.15, 0.2) is 17.3 Å². The molecule has 1 aliphatic heterocycles. The molecule has 2 aliphatic rings. The van der Waals surface area contributed by atoms with Crippen LogP contribution >= 0.6 is 0 Å². The van der Waals surface area contributed by atoms with Gasteiger partial charge in [0.25, 0.3) is 0 Å². The summed E-state index contributed by atoms with van der Waals surface area (Å²) in [6.07, 6.45) is 7.90. The first-order valence-electron chi connectivity index (χ1n) is 8.78. The summed E-state index contributed by atoms with van der Waals surface area (Å²) >= 11 is 0. The van der Waals surface area contributed by atoms with Crippen molar-refractivity contribution in [2.24, 2.45) is 5.41 Å². The summed E-state index contributed by atoms with van der Waals surface area (Å²) in [6.45, 7) is 5.94. The van der Waals surface area contributed by atoms with Gasteiger partial charge in [-0.2, -0.15) is 0 Å². The van der Waals surface area contributed by atoms with E-state index in [9.17, 15) is 9.59 Å². The van der Waals surface area contributed by atoms with Crippen molar-refractivity contribution in [2.45, 2.75) is 19.8 Å². The first-order valence-corrected chi connectivity index (χ1v) is 8.78. The van der Waals surface area contributed by atoms with Crippen molar-refractivity contribution in [1.82, 2.24) is 0 Å². The largest absolute Gasteiger partial charge is 0.458 e. The molecule has 140 valence electrons. The average molecular weight is 366 g/mol. The molecule has 0 spiro atoms. The molecule has 0 saturated carbocycles. The maximum atomic E-state index is 12.7. The lowest BCUT2D eigenvalue weighted by atomic mass is 9.74. The Morgan fingerprint density at radius 1 is 1.22 bits per heavy atom. The van der Waals surface area contributed by atoms with E-state index in [0.717, 1.165) is 5.57 Å². The van der Waals surface area contributed by atoms with Crippen LogP contribution < -0.4 is 0 Å². The van der Waals surface area contributed by atoms with Gasteiger partial charge in [-0.1, -0.05) is 30.4 Å². The number of carbonyl (C=O) groups excluding carboxylic acids is 2. The highest BCUT2D eigenvalue weighted by molar-refractivity contribution is 5.99. The molecule has 0 amide bonds. The van der Waals surface area contributed by atoms with Crippen LogP contribution in [0.15, 0.2) is 78.3 Å². The molecule has 1 fully saturated rings. The predicted octanol–water partition coefficient (Wildman–Crippen LogP) is 4.10. The number of ketones is 1. The number of hydrogen-bond donors (Lipinski definition) is 0. The monoisotopic (exact) mass is 366 g/mol. The molecule has 0 aromatic heterocycles. The predicted molar refractivity (Wildman–Crippen MR) is 101 cm³/mol. The average Bonchev–Trinajstić information content (AvgIpc) is 3.12. The van der Waals surface area contributed by atoms with Crippen molar-refractivity contribution in [3.05, 3.63) is 83.9 Å². The molecule has 0 radical (unpaired) electrons. The molecule has 5 heteroatoms. The lowest BCUT2D eigenvalue weighted by Gasteiger charge is -2.28. The standard InChI is InChI=1S/C22H22O5/c1-3-10-22(13-19-18(12-20(22)23)26-15-27-19)11-9-16(2)14-25-21(24)17-7-5-4-6-8-17/h3-9,12-13H,1,10-11,14-15H2,2H3. The molecule has 1 aromatic carbocycles. The number of hydrogen-bond acceptors (Lipinski definition) is 5. The lowest BCUT2D eigenvalue weighted by molar-refractivity contribution is -0.121. The molecular formula is C22H22O5. The number of ether oxygens (including phenoxy) is 3. The normalized spacial score (nSPS) is 21.4. The number of esters is 1. The topological polar surface area (TPSA) is 61.8 Å². The van der Waals surface area contributed by atoms with Gasteiger partial charge in [-0.25, -0.2) is 4.79 Å². The van der Waals surface area contributed by atoms with E-state index in [1.54, 1.807) is 30.3 Å². The van der Waals surface area contributed by atoms with Crippen LogP contribution in [0.25, 0.3) is 0 Å². The molecule has 1 saturated heterocycles. The van der Waals surface area contributed by atoms with Gasteiger partial charge in [0.05, 0.1) is 11.0 Å². The van der Waals surface area contributed by atoms with Gasteiger partial charge in [0.2, 0.25) is 6.79 Å². The van der Waals surface area contributed by atoms with Crippen molar-refractivity contribution in [3.8, 4) is 0 Å². The summed E-state index contributed by atoms with van der Waals surface area (Å²) in [5.41, 5.74) is 0.628. The van der Waals surface area contributed by atoms with Gasteiger partial charge in [0.1, 0.15) is 6.61 Å². The molecule has 1 aromatic rings. The fourth-order valence-electron chi connectivity index (χ4n) is 3.02. The first-order chi connectivity index (χ1) is 13.0. The Labute approximate surface area is 158 Å². The van der Waals surface area contributed by atoms with Gasteiger partial charge in [-0.15, -0.1) is 6.58 Å². The van der Waals surface area contributed by atoms with Crippen LogP contribution in [0.2, 0.25) is 0 Å². The van der Waals surface area contributed by atoms with E-state index in [2.05, 4.69) is 6.58 Å². The van der Waals surface area contributed by atoms with E-state index >= 15 is 0 Å². The number of allylic oxidation sites excluding steroid dienone is 4. The van der Waals surface area contributed by atoms with Gasteiger partial charge < -0.3 is 14.2 Å². The third-order valence-corrected chi connectivity index (χ3v) is 4.60. The van der Waals surface area contributed by atoms with E-state index in [1.807, 2.05) is 25.1 Å². The van der Waals surface area contributed by atoms with Crippen LogP contribution in [-0.4, -0.2) is 25.2 Å². The molecular weight excluding hydrogens is 344 g/mol. The molecule has 0 N–H and O–H groups in total. The summed E-state index contributed by atoms with van der Waals surface area (Å²) in [4.78, 5) is 24.7. The third kappa shape index (κ3) is 4.19. The zero-order chi connectivity index (χ0) is 19.3. The minimum Gasteiger partial charge on any atom is -0.458 e. The summed E-state index contributed by atoms with van der Waals surface area (Å²) in [7, 11) is 0. The van der Waals surface area contributed by atoms with E-state index in [-0.39, 0.29) is 25.2 Å². The molecule has 27 heavy (non-hydrogen) atoms. The van der Waals surface area contributed by atoms with Crippen molar-refractivity contribution < 1.29 is 23.8 Å². The Bertz CT molecular complexity index is 832. The molecule has 1 aliphatic carbocycles. The van der Waals surface area contributed by atoms with Crippen molar-refractivity contribution >= 4 is 11.8 Å². The second-order valence-corrected chi connectivity index (χ2v) is 6.63. The van der Waals surface area contributed by atoms with Crippen LogP contribution in [0.3, 0.4) is 0 Å². The van der Waals surface area contributed by atoms with Crippen LogP contribution in [0.4, 0.5) is 0 Å². The zero-order valence-corrected chi connectivity index (χ0v) is 15.3. The highest BCUT2D eigenvalue weighted by Crippen LogP contribution is 2.40. The zero-order valence-electron chi connectivity index (χ0n) is 15.3. The van der Waals surface area contributed by atoms with E-state index in [4.69, 9.17) is 14.2 Å². The van der Waals surface area contributed by atoms with Crippen LogP contribution in [0.1, 0.15) is 30.1 Å². The van der Waals surface area contributed by atoms with Crippen molar-refractivity contribution in [3.63, 3.8) is 0 Å².